The summed E-state index contributed by atoms with van der Waals surface area (Å²) >= 11 is 1.66. The molecule has 2 aromatic heterocycles. The van der Waals surface area contributed by atoms with Gasteiger partial charge in [0.15, 0.2) is 4.80 Å². The first-order valence-electron chi connectivity index (χ1n) is 6.93. The van der Waals surface area contributed by atoms with Crippen molar-refractivity contribution in [3.63, 3.8) is 0 Å². The Morgan fingerprint density at radius 3 is 2.76 bits per heavy atom. The highest BCUT2D eigenvalue weighted by molar-refractivity contribution is 7.07. The topological polar surface area (TPSA) is 30.4 Å². The molecule has 0 aliphatic heterocycles. The molecule has 0 aliphatic rings. The summed E-state index contributed by atoms with van der Waals surface area (Å²) in [6, 6.07) is 10.1. The van der Waals surface area contributed by atoms with E-state index >= 15 is 0 Å². The third kappa shape index (κ3) is 2.85. The third-order valence-corrected chi connectivity index (χ3v) is 4.66. The maximum Gasteiger partial charge on any atom is 0.190 e. The van der Waals surface area contributed by atoms with E-state index < -0.39 is 0 Å². The Hall–Kier alpha value is -2.07. The van der Waals surface area contributed by atoms with Crippen LogP contribution in [0.25, 0.3) is 0 Å². The third-order valence-electron chi connectivity index (χ3n) is 3.68. The first-order valence-corrected chi connectivity index (χ1v) is 7.81. The summed E-state index contributed by atoms with van der Waals surface area (Å²) in [7, 11) is 0. The van der Waals surface area contributed by atoms with E-state index in [-0.39, 0.29) is 0 Å². The molecule has 0 bridgehead atoms. The molecule has 108 valence electrons. The molecule has 0 unspecified atom stereocenters. The molecule has 3 aromatic rings. The van der Waals surface area contributed by atoms with Crippen LogP contribution in [0.5, 0.6) is 0 Å². The maximum atomic E-state index is 5.45. The fourth-order valence-electron chi connectivity index (χ4n) is 2.21. The quantitative estimate of drug-likeness (QED) is 0.707. The highest BCUT2D eigenvalue weighted by Gasteiger charge is 2.06. The van der Waals surface area contributed by atoms with Crippen LogP contribution in [0.2, 0.25) is 0 Å². The van der Waals surface area contributed by atoms with Gasteiger partial charge in [0.25, 0.3) is 0 Å². The lowest BCUT2D eigenvalue weighted by Gasteiger charge is -2.05. The number of aryl methyl sites for hydroxylation is 2. The summed E-state index contributed by atoms with van der Waals surface area (Å²) in [5.41, 5.74) is 4.72. The summed E-state index contributed by atoms with van der Waals surface area (Å²) < 4.78 is 7.64. The van der Waals surface area contributed by atoms with Crippen molar-refractivity contribution in [3.05, 3.63) is 69.4 Å². The smallest absolute Gasteiger partial charge is 0.190 e. The molecule has 0 aliphatic carbocycles. The van der Waals surface area contributed by atoms with Gasteiger partial charge in [-0.25, -0.2) is 4.99 Å². The van der Waals surface area contributed by atoms with Crippen LogP contribution in [0.1, 0.15) is 22.6 Å². The zero-order valence-electron chi connectivity index (χ0n) is 12.5. The van der Waals surface area contributed by atoms with Crippen molar-refractivity contribution in [1.29, 1.82) is 0 Å². The summed E-state index contributed by atoms with van der Waals surface area (Å²) in [6.07, 6.45) is 1.71. The Balaban J connectivity index is 2.06. The van der Waals surface area contributed by atoms with Gasteiger partial charge in [0.1, 0.15) is 5.76 Å². The second-order valence-corrected chi connectivity index (χ2v) is 5.99. The van der Waals surface area contributed by atoms with E-state index in [1.165, 1.54) is 16.8 Å². The second-order valence-electron chi connectivity index (χ2n) is 5.16. The number of furan rings is 1. The minimum absolute atomic E-state index is 0.714. The number of nitrogens with zero attached hydrogens (tertiary/aromatic N) is 2. The molecule has 0 spiro atoms. The molecule has 0 fully saturated rings. The average molecular weight is 298 g/mol. The van der Waals surface area contributed by atoms with Crippen LogP contribution in [-0.2, 0) is 6.54 Å². The molecule has 2 heterocycles. The molecule has 0 N–H and O–H groups in total. The normalized spacial score (nSPS) is 12.0. The Morgan fingerprint density at radius 1 is 1.14 bits per heavy atom. The van der Waals surface area contributed by atoms with E-state index in [2.05, 4.69) is 48.9 Å². The van der Waals surface area contributed by atoms with Crippen LogP contribution in [0.3, 0.4) is 0 Å². The number of hydrogen-bond donors (Lipinski definition) is 0. The average Bonchev–Trinajstić information content (AvgIpc) is 3.09. The van der Waals surface area contributed by atoms with Gasteiger partial charge in [-0.05, 0) is 50.1 Å². The summed E-state index contributed by atoms with van der Waals surface area (Å²) in [6.45, 7) is 7.05. The van der Waals surface area contributed by atoms with Crippen LogP contribution in [0.15, 0.2) is 51.4 Å². The molecule has 3 nitrogen and oxygen atoms in total. The molecule has 0 saturated carbocycles. The monoisotopic (exact) mass is 298 g/mol. The van der Waals surface area contributed by atoms with Crippen LogP contribution in [-0.4, -0.2) is 4.57 Å². The van der Waals surface area contributed by atoms with Crippen LogP contribution >= 0.6 is 11.3 Å². The largest absolute Gasteiger partial charge is 0.467 e. The van der Waals surface area contributed by atoms with Gasteiger partial charge in [-0.1, -0.05) is 12.1 Å². The van der Waals surface area contributed by atoms with Gasteiger partial charge < -0.3 is 8.98 Å². The lowest BCUT2D eigenvalue weighted by Crippen LogP contribution is -2.16. The van der Waals surface area contributed by atoms with E-state index in [1.54, 1.807) is 17.6 Å². The fraction of sp³-hybridized carbons (Fsp3) is 0.235. The molecular weight excluding hydrogens is 280 g/mol. The highest BCUT2D eigenvalue weighted by Crippen LogP contribution is 2.21. The van der Waals surface area contributed by atoms with Crippen LogP contribution in [0.4, 0.5) is 5.69 Å². The lowest BCUT2D eigenvalue weighted by molar-refractivity contribution is 0.488. The first kappa shape index (κ1) is 13.9. The molecular formula is C17H18N2OS. The van der Waals surface area contributed by atoms with Gasteiger partial charge in [0, 0.05) is 11.1 Å². The second kappa shape index (κ2) is 5.74. The molecule has 0 atom stereocenters. The molecule has 21 heavy (non-hydrogen) atoms. The van der Waals surface area contributed by atoms with Crippen molar-refractivity contribution in [3.8, 4) is 0 Å². The minimum Gasteiger partial charge on any atom is -0.467 e. The number of benzene rings is 1. The predicted molar refractivity (Wildman–Crippen MR) is 86.0 cm³/mol. The van der Waals surface area contributed by atoms with Gasteiger partial charge in [0.05, 0.1) is 18.5 Å². The molecule has 1 aromatic carbocycles. The van der Waals surface area contributed by atoms with Gasteiger partial charge in [-0.3, -0.25) is 0 Å². The van der Waals surface area contributed by atoms with Crippen LogP contribution in [0, 0.1) is 20.8 Å². The summed E-state index contributed by atoms with van der Waals surface area (Å²) in [5.74, 6) is 0.943. The van der Waals surface area contributed by atoms with Crippen LogP contribution < -0.4 is 4.80 Å². The van der Waals surface area contributed by atoms with E-state index in [1.807, 2.05) is 12.1 Å². The molecule has 4 heteroatoms. The Labute approximate surface area is 128 Å². The SMILES string of the molecule is Cc1cccc(N=c2scc(C)n2Cc2ccco2)c1C. The maximum absolute atomic E-state index is 5.45. The molecule has 0 amide bonds. The van der Waals surface area contributed by atoms with Crippen molar-refractivity contribution < 1.29 is 4.42 Å². The molecule has 0 radical (unpaired) electrons. The molecule has 0 saturated heterocycles. The Bertz CT molecular complexity index is 810. The first-order chi connectivity index (χ1) is 10.1. The van der Waals surface area contributed by atoms with Gasteiger partial charge in [-0.15, -0.1) is 11.3 Å². The van der Waals surface area contributed by atoms with Crippen molar-refractivity contribution >= 4 is 17.0 Å². The lowest BCUT2D eigenvalue weighted by atomic mass is 10.1. The van der Waals surface area contributed by atoms with E-state index in [9.17, 15) is 0 Å². The van der Waals surface area contributed by atoms with Gasteiger partial charge in [0.2, 0.25) is 0 Å². The number of rotatable bonds is 3. The Kier molecular flexibility index (Phi) is 3.80. The zero-order valence-corrected chi connectivity index (χ0v) is 13.3. The summed E-state index contributed by atoms with van der Waals surface area (Å²) in [5, 5.41) is 2.13. The van der Waals surface area contributed by atoms with E-state index in [0.29, 0.717) is 6.54 Å². The van der Waals surface area contributed by atoms with E-state index in [0.717, 1.165) is 16.2 Å². The van der Waals surface area contributed by atoms with Gasteiger partial charge in [-0.2, -0.15) is 0 Å². The minimum atomic E-state index is 0.714. The van der Waals surface area contributed by atoms with Gasteiger partial charge >= 0.3 is 0 Å². The highest BCUT2D eigenvalue weighted by atomic mass is 32.1. The number of hydrogen-bond acceptors (Lipinski definition) is 3. The standard InChI is InChI=1S/C17H18N2OS/c1-12-6-4-8-16(14(12)3)18-17-19(13(2)11-21-17)10-15-7-5-9-20-15/h4-9,11H,10H2,1-3H3. The van der Waals surface area contributed by atoms with E-state index in [4.69, 9.17) is 9.41 Å². The zero-order chi connectivity index (χ0) is 14.8. The molecule has 3 rings (SSSR count). The van der Waals surface area contributed by atoms with Crippen molar-refractivity contribution in [2.45, 2.75) is 27.3 Å². The predicted octanol–water partition coefficient (Wildman–Crippen LogP) is 4.35. The number of thiazole rings is 1. The van der Waals surface area contributed by atoms with Crippen molar-refractivity contribution in [1.82, 2.24) is 4.57 Å². The Morgan fingerprint density at radius 2 is 2.00 bits per heavy atom. The fourth-order valence-corrected chi connectivity index (χ4v) is 3.10. The van der Waals surface area contributed by atoms with Crippen molar-refractivity contribution in [2.75, 3.05) is 0 Å². The number of aromatic nitrogens is 1. The van der Waals surface area contributed by atoms with Crippen molar-refractivity contribution in [2.24, 2.45) is 4.99 Å². The summed E-state index contributed by atoms with van der Waals surface area (Å²) in [4.78, 5) is 5.84.